The Kier molecular flexibility index (Phi) is 7.47. The van der Waals surface area contributed by atoms with Crippen molar-refractivity contribution in [3.8, 4) is 11.5 Å². The van der Waals surface area contributed by atoms with E-state index in [1.165, 1.54) is 0 Å². The highest BCUT2D eigenvalue weighted by Gasteiger charge is 2.18. The van der Waals surface area contributed by atoms with Crippen LogP contribution in [-0.2, 0) is 17.8 Å². The number of hydrogen-bond donors (Lipinski definition) is 2. The molecule has 0 bridgehead atoms. The van der Waals surface area contributed by atoms with Crippen molar-refractivity contribution in [3.63, 3.8) is 0 Å². The van der Waals surface area contributed by atoms with Crippen molar-refractivity contribution in [2.45, 2.75) is 32.0 Å². The number of thiocarbonyl (C=S) groups is 1. The van der Waals surface area contributed by atoms with Gasteiger partial charge in [-0.15, -0.1) is 0 Å². The first-order valence-electron chi connectivity index (χ1n) is 11.0. The van der Waals surface area contributed by atoms with Gasteiger partial charge < -0.3 is 29.4 Å². The van der Waals surface area contributed by atoms with Gasteiger partial charge in [0, 0.05) is 31.3 Å². The summed E-state index contributed by atoms with van der Waals surface area (Å²) in [5.41, 5.74) is 2.31. The molecule has 2 N–H and O–H groups in total. The fourth-order valence-electron chi connectivity index (χ4n) is 3.94. The number of pyridine rings is 1. The molecule has 7 nitrogen and oxygen atoms in total. The Morgan fingerprint density at radius 1 is 1.12 bits per heavy atom. The molecular formula is C25H29N3O4S. The van der Waals surface area contributed by atoms with E-state index in [2.05, 4.69) is 10.3 Å². The average Bonchev–Trinajstić information content (AvgIpc) is 3.36. The van der Waals surface area contributed by atoms with E-state index in [4.69, 9.17) is 26.4 Å². The second kappa shape index (κ2) is 10.7. The molecule has 2 aromatic carbocycles. The first-order valence-corrected chi connectivity index (χ1v) is 11.4. The highest BCUT2D eigenvalue weighted by molar-refractivity contribution is 7.80. The third-order valence-electron chi connectivity index (χ3n) is 5.82. The summed E-state index contributed by atoms with van der Waals surface area (Å²) in [6.45, 7) is 2.39. The quantitative estimate of drug-likeness (QED) is 0.490. The van der Waals surface area contributed by atoms with Crippen LogP contribution >= 0.6 is 12.2 Å². The van der Waals surface area contributed by atoms with Crippen molar-refractivity contribution in [3.05, 3.63) is 70.0 Å². The van der Waals surface area contributed by atoms with Crippen molar-refractivity contribution in [2.24, 2.45) is 0 Å². The normalized spacial score (nSPS) is 15.4. The van der Waals surface area contributed by atoms with Crippen LogP contribution in [0.4, 0.5) is 0 Å². The highest BCUT2D eigenvalue weighted by atomic mass is 32.1. The van der Waals surface area contributed by atoms with Gasteiger partial charge in [-0.2, -0.15) is 0 Å². The zero-order chi connectivity index (χ0) is 23.2. The van der Waals surface area contributed by atoms with Crippen molar-refractivity contribution in [1.82, 2.24) is 15.2 Å². The minimum Gasteiger partial charge on any atom is -0.497 e. The van der Waals surface area contributed by atoms with Crippen molar-refractivity contribution in [2.75, 3.05) is 27.4 Å². The number of aromatic amines is 1. The Bertz CT molecular complexity index is 1160. The Morgan fingerprint density at radius 2 is 1.88 bits per heavy atom. The predicted molar refractivity (Wildman–Crippen MR) is 133 cm³/mol. The number of ether oxygens (including phenoxy) is 3. The summed E-state index contributed by atoms with van der Waals surface area (Å²) in [7, 11) is 3.25. The van der Waals surface area contributed by atoms with Gasteiger partial charge in [-0.05, 0) is 66.3 Å². The molecule has 3 aromatic rings. The largest absolute Gasteiger partial charge is 0.497 e. The lowest BCUT2D eigenvalue weighted by molar-refractivity contribution is 0.113. The first-order chi connectivity index (χ1) is 16.1. The number of hydrogen-bond acceptors (Lipinski definition) is 5. The summed E-state index contributed by atoms with van der Waals surface area (Å²) in [6, 6.07) is 15.4. The molecule has 4 rings (SSSR count). The molecule has 2 heterocycles. The SMILES string of the molecule is COc1ccc(CN(Cc2cc3ccc(OC)cc3[nH]c2=O)C(=S)NC[C@H]2CCCO2)cc1. The minimum absolute atomic E-state index is 0.141. The van der Waals surface area contributed by atoms with E-state index >= 15 is 0 Å². The Hall–Kier alpha value is -3.10. The minimum atomic E-state index is -0.141. The lowest BCUT2D eigenvalue weighted by Gasteiger charge is -2.27. The number of benzene rings is 2. The molecule has 1 aliphatic heterocycles. The molecule has 0 amide bonds. The highest BCUT2D eigenvalue weighted by Crippen LogP contribution is 2.20. The summed E-state index contributed by atoms with van der Waals surface area (Å²) in [4.78, 5) is 17.8. The molecule has 1 atom stereocenters. The Balaban J connectivity index is 1.56. The maximum atomic E-state index is 12.9. The number of aromatic nitrogens is 1. The summed E-state index contributed by atoms with van der Waals surface area (Å²) in [5, 5.41) is 4.87. The van der Waals surface area contributed by atoms with E-state index in [1.807, 2.05) is 53.4 Å². The van der Waals surface area contributed by atoms with Crippen molar-refractivity contribution >= 4 is 28.2 Å². The monoisotopic (exact) mass is 467 g/mol. The maximum Gasteiger partial charge on any atom is 0.253 e. The number of H-pyrrole nitrogens is 1. The zero-order valence-electron chi connectivity index (χ0n) is 18.9. The van der Waals surface area contributed by atoms with Crippen LogP contribution in [0.5, 0.6) is 11.5 Å². The molecule has 8 heteroatoms. The fraction of sp³-hybridized carbons (Fsp3) is 0.360. The van der Waals surface area contributed by atoms with Crippen LogP contribution in [0.25, 0.3) is 10.9 Å². The third-order valence-corrected chi connectivity index (χ3v) is 6.22. The topological polar surface area (TPSA) is 75.8 Å². The maximum absolute atomic E-state index is 12.9. The van der Waals surface area contributed by atoms with Crippen LogP contribution in [0, 0.1) is 0 Å². The van der Waals surface area contributed by atoms with Gasteiger partial charge in [0.15, 0.2) is 5.11 Å². The molecule has 1 aromatic heterocycles. The summed E-state index contributed by atoms with van der Waals surface area (Å²) >= 11 is 5.73. The first kappa shape index (κ1) is 23.1. The second-order valence-corrected chi connectivity index (χ2v) is 8.49. The third kappa shape index (κ3) is 5.83. The van der Waals surface area contributed by atoms with Gasteiger partial charge in [0.25, 0.3) is 5.56 Å². The van der Waals surface area contributed by atoms with Gasteiger partial charge in [-0.25, -0.2) is 0 Å². The summed E-state index contributed by atoms with van der Waals surface area (Å²) < 4.78 is 16.2. The molecule has 1 saturated heterocycles. The molecule has 0 unspecified atom stereocenters. The van der Waals surface area contributed by atoms with Crippen LogP contribution in [-0.4, -0.2) is 48.5 Å². The van der Waals surface area contributed by atoms with Gasteiger partial charge in [0.05, 0.1) is 32.4 Å². The molecule has 0 spiro atoms. The number of nitrogens with zero attached hydrogens (tertiary/aromatic N) is 1. The molecule has 1 aliphatic rings. The van der Waals surface area contributed by atoms with Gasteiger partial charge >= 0.3 is 0 Å². The van der Waals surface area contributed by atoms with Gasteiger partial charge in [-0.1, -0.05) is 12.1 Å². The number of fused-ring (bicyclic) bond motifs is 1. The van der Waals surface area contributed by atoms with Gasteiger partial charge in [0.2, 0.25) is 0 Å². The number of methoxy groups -OCH3 is 2. The fourth-order valence-corrected chi connectivity index (χ4v) is 4.16. The summed E-state index contributed by atoms with van der Waals surface area (Å²) in [5.74, 6) is 1.50. The molecule has 0 saturated carbocycles. The standard InChI is InChI=1S/C25H29N3O4S/c1-30-20-8-5-17(6-9-20)15-28(25(33)26-14-22-4-3-11-32-22)16-19-12-18-7-10-21(31-2)13-23(18)27-24(19)29/h5-10,12-13,22H,3-4,11,14-16H2,1-2H3,(H,26,33)(H,27,29)/t22-/m1/s1. The van der Waals surface area contributed by atoms with E-state index in [0.717, 1.165) is 41.7 Å². The average molecular weight is 468 g/mol. The second-order valence-electron chi connectivity index (χ2n) is 8.10. The summed E-state index contributed by atoms with van der Waals surface area (Å²) in [6.07, 6.45) is 2.28. The molecule has 0 radical (unpaired) electrons. The molecule has 0 aliphatic carbocycles. The lowest BCUT2D eigenvalue weighted by Crippen LogP contribution is -2.42. The zero-order valence-corrected chi connectivity index (χ0v) is 19.7. The van der Waals surface area contributed by atoms with Crippen LogP contribution in [0.15, 0.2) is 53.3 Å². The van der Waals surface area contributed by atoms with Gasteiger partial charge in [0.1, 0.15) is 11.5 Å². The smallest absolute Gasteiger partial charge is 0.253 e. The van der Waals surface area contributed by atoms with E-state index in [-0.39, 0.29) is 11.7 Å². The van der Waals surface area contributed by atoms with E-state index < -0.39 is 0 Å². The number of nitrogens with one attached hydrogen (secondary N) is 2. The van der Waals surface area contributed by atoms with Crippen molar-refractivity contribution < 1.29 is 14.2 Å². The molecule has 174 valence electrons. The van der Waals surface area contributed by atoms with Crippen molar-refractivity contribution in [1.29, 1.82) is 0 Å². The van der Waals surface area contributed by atoms with E-state index in [1.54, 1.807) is 14.2 Å². The molecule has 1 fully saturated rings. The lowest BCUT2D eigenvalue weighted by atomic mass is 10.1. The Labute approximate surface area is 198 Å². The van der Waals surface area contributed by atoms with Crippen LogP contribution in [0.2, 0.25) is 0 Å². The molecule has 33 heavy (non-hydrogen) atoms. The van der Waals surface area contributed by atoms with Gasteiger partial charge in [-0.3, -0.25) is 4.79 Å². The van der Waals surface area contributed by atoms with E-state index in [0.29, 0.717) is 36.1 Å². The van der Waals surface area contributed by atoms with Crippen LogP contribution in [0.1, 0.15) is 24.0 Å². The van der Waals surface area contributed by atoms with Crippen LogP contribution < -0.4 is 20.3 Å². The van der Waals surface area contributed by atoms with E-state index in [9.17, 15) is 4.79 Å². The predicted octanol–water partition coefficient (Wildman–Crippen LogP) is 3.60. The molecular weight excluding hydrogens is 438 g/mol. The number of rotatable bonds is 8. The van der Waals surface area contributed by atoms with Crippen LogP contribution in [0.3, 0.4) is 0 Å². The Morgan fingerprint density at radius 3 is 2.58 bits per heavy atom.